The van der Waals surface area contributed by atoms with E-state index in [9.17, 15) is 28.3 Å². The van der Waals surface area contributed by atoms with Gasteiger partial charge in [-0.1, -0.05) is 41.8 Å². The van der Waals surface area contributed by atoms with Gasteiger partial charge in [-0.15, -0.1) is 0 Å². The predicted octanol–water partition coefficient (Wildman–Crippen LogP) is 8.52. The second-order valence-corrected chi connectivity index (χ2v) is 17.4. The van der Waals surface area contributed by atoms with E-state index < -0.39 is 50.1 Å². The predicted molar refractivity (Wildman–Crippen MR) is 211 cm³/mol. The van der Waals surface area contributed by atoms with Crippen LogP contribution in [0.3, 0.4) is 0 Å². The highest BCUT2D eigenvalue weighted by Gasteiger charge is 2.40. The van der Waals surface area contributed by atoms with E-state index in [1.807, 2.05) is 0 Å². The normalized spacial score (nSPS) is 14.8. The van der Waals surface area contributed by atoms with Crippen LogP contribution in [0.15, 0.2) is 77.5 Å². The Balaban J connectivity index is 1.61. The molecule has 3 aromatic rings. The lowest BCUT2D eigenvalue weighted by atomic mass is 9.97. The number of carbonyl (C=O) groups excluding carboxylic acids is 4. The molecule has 0 saturated carbocycles. The van der Waals surface area contributed by atoms with Crippen molar-refractivity contribution in [3.05, 3.63) is 122 Å². The van der Waals surface area contributed by atoms with Crippen LogP contribution in [-0.2, 0) is 32.5 Å². The number of amides is 2. The summed E-state index contributed by atoms with van der Waals surface area (Å²) in [5, 5.41) is 6.09. The molecule has 0 bridgehead atoms. The molecule has 0 radical (unpaired) electrons. The van der Waals surface area contributed by atoms with Crippen LogP contribution in [-0.4, -0.2) is 49.3 Å². The number of aryl methyl sites for hydroxylation is 4. The molecule has 0 aromatic heterocycles. The number of anilines is 2. The Bertz CT molecular complexity index is 2250. The van der Waals surface area contributed by atoms with Gasteiger partial charge in [0.1, 0.15) is 6.10 Å². The fourth-order valence-corrected chi connectivity index (χ4v) is 10.6. The summed E-state index contributed by atoms with van der Waals surface area (Å²) < 4.78 is 45.0. The molecule has 0 saturated heterocycles. The van der Waals surface area contributed by atoms with E-state index in [2.05, 4.69) is 22.1 Å². The number of allylic oxidation sites excluding steroid dienone is 4. The van der Waals surface area contributed by atoms with Crippen LogP contribution in [0, 0.1) is 41.5 Å². The van der Waals surface area contributed by atoms with Crippen molar-refractivity contribution in [2.24, 2.45) is 0 Å². The average Bonchev–Trinajstić information content (AvgIpc) is 3.14. The first kappa shape index (κ1) is 42.1. The van der Waals surface area contributed by atoms with Crippen molar-refractivity contribution in [1.82, 2.24) is 0 Å². The third-order valence-corrected chi connectivity index (χ3v) is 13.8. The number of ether oxygens (including phenoxy) is 1. The third-order valence-electron chi connectivity index (χ3n) is 9.06. The Kier molecular flexibility index (Phi) is 13.7. The molecular weight excluding hydrogens is 726 g/mol. The summed E-state index contributed by atoms with van der Waals surface area (Å²) >= 11 is 0. The smallest absolute Gasteiger partial charge is 0.301 e. The van der Waals surface area contributed by atoms with Crippen molar-refractivity contribution in [3.8, 4) is 0 Å². The number of nitrogens with one attached hydrogen (secondary N) is 2. The minimum Gasteiger partial charge on any atom is -0.371 e. The minimum atomic E-state index is -4.05. The molecule has 284 valence electrons. The Morgan fingerprint density at radius 1 is 0.722 bits per heavy atom. The molecule has 0 aliphatic heterocycles. The van der Waals surface area contributed by atoms with Gasteiger partial charge >= 0.3 is 14.7 Å². The van der Waals surface area contributed by atoms with Gasteiger partial charge in [0.15, 0.2) is 0 Å². The molecule has 1 aliphatic rings. The lowest BCUT2D eigenvalue weighted by Gasteiger charge is -2.23. The summed E-state index contributed by atoms with van der Waals surface area (Å²) in [6.45, 7) is 13.6. The van der Waals surface area contributed by atoms with Crippen LogP contribution in [0.5, 0.6) is 0 Å². The lowest BCUT2D eigenvalue weighted by molar-refractivity contribution is -0.130. The van der Waals surface area contributed by atoms with E-state index in [1.165, 1.54) is 25.3 Å². The van der Waals surface area contributed by atoms with Gasteiger partial charge in [-0.2, -0.15) is 0 Å². The molecule has 3 unspecified atom stereocenters. The van der Waals surface area contributed by atoms with Crippen molar-refractivity contribution in [2.75, 3.05) is 31.0 Å². The first-order valence-corrected chi connectivity index (χ1v) is 20.7. The van der Waals surface area contributed by atoms with E-state index in [4.69, 9.17) is 13.8 Å². The highest BCUT2D eigenvalue weighted by Crippen LogP contribution is 2.59. The first-order valence-electron chi connectivity index (χ1n) is 17.4. The Labute approximate surface area is 316 Å². The zero-order valence-electron chi connectivity index (χ0n) is 32.0. The van der Waals surface area contributed by atoms with Crippen molar-refractivity contribution in [2.45, 2.75) is 67.9 Å². The molecular formula is C41H46N2O9P2. The van der Waals surface area contributed by atoms with Crippen molar-refractivity contribution in [1.29, 1.82) is 0 Å². The summed E-state index contributed by atoms with van der Waals surface area (Å²) in [5.74, 6) is -1.24. The SMILES string of the molecule is CCOP(=O)(C(=O)c1c(C)cc(C)c(NC(=O)CC(OC)C(=O)Nc2c(C)cc(C)c(C(=O)P(=O)(OCC)c3ccccc3)c2C)c1C)C1=CC=C=C=C1. The fourth-order valence-electron chi connectivity index (χ4n) is 6.56. The molecule has 2 N–H and O–H groups in total. The Hall–Kier alpha value is -4.68. The Morgan fingerprint density at radius 2 is 1.24 bits per heavy atom. The van der Waals surface area contributed by atoms with Gasteiger partial charge in [0, 0.05) is 41.0 Å². The van der Waals surface area contributed by atoms with Crippen LogP contribution < -0.4 is 15.9 Å². The molecule has 0 fully saturated rings. The maximum absolute atomic E-state index is 14.2. The fraction of sp³-hybridized carbons (Fsp3) is 0.317. The number of methoxy groups -OCH3 is 1. The number of carbonyl (C=O) groups is 4. The van der Waals surface area contributed by atoms with Crippen LogP contribution in [0.1, 0.15) is 74.4 Å². The molecule has 3 aromatic carbocycles. The van der Waals surface area contributed by atoms with Crippen molar-refractivity contribution >= 4 is 54.3 Å². The van der Waals surface area contributed by atoms with Gasteiger partial charge in [0.05, 0.1) is 24.9 Å². The monoisotopic (exact) mass is 772 g/mol. The highest BCUT2D eigenvalue weighted by atomic mass is 31.2. The molecule has 0 heterocycles. The van der Waals surface area contributed by atoms with Gasteiger partial charge < -0.3 is 24.4 Å². The Morgan fingerprint density at radius 3 is 1.74 bits per heavy atom. The van der Waals surface area contributed by atoms with E-state index >= 15 is 0 Å². The van der Waals surface area contributed by atoms with E-state index in [1.54, 1.807) is 97.9 Å². The largest absolute Gasteiger partial charge is 0.371 e. The molecule has 0 spiro atoms. The molecule has 11 nitrogen and oxygen atoms in total. The lowest BCUT2D eigenvalue weighted by Crippen LogP contribution is -2.34. The van der Waals surface area contributed by atoms with Gasteiger partial charge in [0.25, 0.3) is 17.0 Å². The van der Waals surface area contributed by atoms with Crippen molar-refractivity contribution < 1.29 is 42.1 Å². The second kappa shape index (κ2) is 17.6. The van der Waals surface area contributed by atoms with Crippen LogP contribution >= 0.6 is 14.7 Å². The molecule has 13 heteroatoms. The van der Waals surface area contributed by atoms with Gasteiger partial charge in [-0.05, 0) is 113 Å². The summed E-state index contributed by atoms with van der Waals surface area (Å²) in [4.78, 5) is 55.2. The molecule has 54 heavy (non-hydrogen) atoms. The van der Waals surface area contributed by atoms with Gasteiger partial charge in [0.2, 0.25) is 5.91 Å². The van der Waals surface area contributed by atoms with Crippen LogP contribution in [0.4, 0.5) is 11.4 Å². The molecule has 2 amide bonds. The number of hydrogen-bond donors (Lipinski definition) is 2. The molecule has 1 aliphatic carbocycles. The summed E-state index contributed by atoms with van der Waals surface area (Å²) in [6.07, 6.45) is 2.75. The topological polar surface area (TPSA) is 154 Å². The summed E-state index contributed by atoms with van der Waals surface area (Å²) in [7, 11) is -6.77. The zero-order chi connectivity index (χ0) is 40.0. The summed E-state index contributed by atoms with van der Waals surface area (Å²) in [6, 6.07) is 11.7. The maximum Gasteiger partial charge on any atom is 0.301 e. The quantitative estimate of drug-likeness (QED) is 0.108. The maximum atomic E-state index is 14.2. The average molecular weight is 773 g/mol. The number of rotatable bonds is 16. The van der Waals surface area contributed by atoms with Crippen molar-refractivity contribution in [3.63, 3.8) is 0 Å². The third kappa shape index (κ3) is 8.50. The van der Waals surface area contributed by atoms with Gasteiger partial charge in [-0.25, -0.2) is 0 Å². The zero-order valence-corrected chi connectivity index (χ0v) is 33.8. The second-order valence-electron chi connectivity index (χ2n) is 12.8. The van der Waals surface area contributed by atoms with Crippen LogP contribution in [0.25, 0.3) is 0 Å². The minimum absolute atomic E-state index is 0.0245. The van der Waals surface area contributed by atoms with E-state index in [0.717, 1.165) is 0 Å². The van der Waals surface area contributed by atoms with Crippen LogP contribution in [0.2, 0.25) is 0 Å². The number of hydrogen-bond acceptors (Lipinski definition) is 9. The standard InChI is InChI=1S/C41H46N2O9P2/c1-10-51-53(48,31-18-14-12-15-19-31)40(46)35-25(3)22-27(5)37(29(35)7)42-34(44)24-33(50-9)39(45)43-38-28(6)23-26(4)36(30(38)8)41(47)54(49,52-11-2)32-20-16-13-17-21-32/h13-14,16-23,33H,10-11,24H2,1-9H3,(H,42,44)(H,43,45). The van der Waals surface area contributed by atoms with E-state index in [0.29, 0.717) is 44.8 Å². The highest BCUT2D eigenvalue weighted by molar-refractivity contribution is 7.83. The summed E-state index contributed by atoms with van der Waals surface area (Å²) in [5.41, 5.74) is 8.17. The van der Waals surface area contributed by atoms with E-state index in [-0.39, 0.29) is 35.0 Å². The molecule has 3 atom stereocenters. The van der Waals surface area contributed by atoms with Gasteiger partial charge in [-0.3, -0.25) is 28.3 Å². The number of benzene rings is 3. The molecule has 4 rings (SSSR count). The first-order chi connectivity index (χ1) is 25.5.